The van der Waals surface area contributed by atoms with Gasteiger partial charge in [0.15, 0.2) is 6.10 Å². The Kier molecular flexibility index (Phi) is 87.6. The lowest BCUT2D eigenvalue weighted by atomic mass is 10.0. The van der Waals surface area contributed by atoms with Gasteiger partial charge in [-0.15, -0.1) is 0 Å². The van der Waals surface area contributed by atoms with Crippen LogP contribution in [0.15, 0.2) is 134 Å². The fourth-order valence-electron chi connectivity index (χ4n) is 13.1. The van der Waals surface area contributed by atoms with Gasteiger partial charge in [0.25, 0.3) is 0 Å². The summed E-state index contributed by atoms with van der Waals surface area (Å²) in [6.45, 7) is 2.65. The minimum Gasteiger partial charge on any atom is -0.463 e. The van der Waals surface area contributed by atoms with Gasteiger partial charge < -0.3 is 34.2 Å². The van der Waals surface area contributed by atoms with E-state index in [4.69, 9.17) is 32.3 Å². The van der Waals surface area contributed by atoms with Crippen LogP contribution in [0.5, 0.6) is 0 Å². The van der Waals surface area contributed by atoms with Crippen LogP contribution < -0.4 is 0 Å². The van der Waals surface area contributed by atoms with Crippen LogP contribution in [-0.2, 0) is 55.8 Å². The first-order chi connectivity index (χ1) is 57.2. The molecule has 0 aromatic rings. The van der Waals surface area contributed by atoms with Gasteiger partial charge in [0, 0.05) is 19.3 Å². The van der Waals surface area contributed by atoms with Crippen LogP contribution in [0.4, 0.5) is 0 Å². The second-order valence-electron chi connectivity index (χ2n) is 31.8. The maximum atomic E-state index is 13.1. The highest BCUT2D eigenvalue weighted by Crippen LogP contribution is 2.45. The van der Waals surface area contributed by atoms with Crippen molar-refractivity contribution < 1.29 is 75.8 Å². The molecule has 676 valence electrons. The zero-order valence-electron chi connectivity index (χ0n) is 74.6. The van der Waals surface area contributed by atoms with Gasteiger partial charge >= 0.3 is 33.6 Å². The Bertz CT molecular complexity index is 2660. The molecular weight excluding hydrogens is 1510 g/mol. The van der Waals surface area contributed by atoms with E-state index in [9.17, 15) is 43.5 Å². The summed E-state index contributed by atoms with van der Waals surface area (Å²) in [6.07, 6.45) is 114. The van der Waals surface area contributed by atoms with E-state index >= 15 is 0 Å². The van der Waals surface area contributed by atoms with Crippen molar-refractivity contribution in [3.63, 3.8) is 0 Å². The molecule has 0 aromatic heterocycles. The molecule has 0 radical (unpaired) electrons. The highest BCUT2D eigenvalue weighted by Gasteiger charge is 2.30. The van der Waals surface area contributed by atoms with Gasteiger partial charge in [-0.1, -0.05) is 386 Å². The molecule has 0 saturated heterocycles. The minimum absolute atomic E-state index is 0.0895. The van der Waals surface area contributed by atoms with Gasteiger partial charge in [0.1, 0.15) is 25.4 Å². The SMILES string of the molecule is CCCCC/C=C\C/C=C\C/C=C\C/C=C\CCCCCCCCCCCCCCCCCC(=O)OCC(O)COP(=O)(O)OCC(O)COP(=O)(O)OCC(COC(=O)CCCCCCCCCCCCCCCCC/C=C\C/C=C\C/C=C\C/C=C\CCCCC)OC(=O)CCCCCCCC/C=C\C/C=C\C/C=C\CCCCC. The van der Waals surface area contributed by atoms with Gasteiger partial charge in [-0.2, -0.15) is 0 Å². The van der Waals surface area contributed by atoms with Crippen LogP contribution in [0.2, 0.25) is 0 Å². The molecule has 0 saturated carbocycles. The number of carbonyl (C=O) groups excluding carboxylic acids is 3. The van der Waals surface area contributed by atoms with E-state index in [0.29, 0.717) is 19.3 Å². The predicted molar refractivity (Wildman–Crippen MR) is 491 cm³/mol. The lowest BCUT2D eigenvalue weighted by Crippen LogP contribution is -2.30. The van der Waals surface area contributed by atoms with Crippen LogP contribution >= 0.6 is 15.6 Å². The molecule has 0 fully saturated rings. The monoisotopic (exact) mass is 1680 g/mol. The van der Waals surface area contributed by atoms with Crippen LogP contribution in [0, 0.1) is 0 Å². The summed E-state index contributed by atoms with van der Waals surface area (Å²) in [5.74, 6) is -1.57. The zero-order valence-corrected chi connectivity index (χ0v) is 76.4. The molecule has 0 aliphatic rings. The Morgan fingerprint density at radius 1 is 0.239 bits per heavy atom. The van der Waals surface area contributed by atoms with Crippen LogP contribution in [-0.4, -0.2) is 95.9 Å². The predicted octanol–water partition coefficient (Wildman–Crippen LogP) is 29.3. The van der Waals surface area contributed by atoms with E-state index in [1.54, 1.807) is 0 Å². The van der Waals surface area contributed by atoms with Crippen LogP contribution in [0.3, 0.4) is 0 Å². The number of aliphatic hydroxyl groups excluding tert-OH is 2. The number of ether oxygens (including phenoxy) is 3. The molecule has 0 aliphatic carbocycles. The second kappa shape index (κ2) is 90.9. The molecule has 117 heavy (non-hydrogen) atoms. The first-order valence-corrected chi connectivity index (χ1v) is 50.5. The number of rotatable bonds is 90. The second-order valence-corrected chi connectivity index (χ2v) is 34.7. The van der Waals surface area contributed by atoms with Crippen molar-refractivity contribution in [1.29, 1.82) is 0 Å². The average molecular weight is 1680 g/mol. The zero-order chi connectivity index (χ0) is 85.1. The molecule has 0 aliphatic heterocycles. The van der Waals surface area contributed by atoms with Crippen molar-refractivity contribution in [1.82, 2.24) is 0 Å². The molecule has 0 spiro atoms. The molecule has 0 aromatic carbocycles. The maximum absolute atomic E-state index is 13.1. The van der Waals surface area contributed by atoms with Gasteiger partial charge in [0.05, 0.1) is 26.4 Å². The van der Waals surface area contributed by atoms with E-state index < -0.39 is 91.5 Å². The summed E-state index contributed by atoms with van der Waals surface area (Å²) in [4.78, 5) is 59.0. The summed E-state index contributed by atoms with van der Waals surface area (Å²) < 4.78 is 61.5. The summed E-state index contributed by atoms with van der Waals surface area (Å²) in [7, 11) is -9.81. The Balaban J connectivity index is 4.54. The average Bonchev–Trinajstić information content (AvgIpc) is 0.891. The van der Waals surface area contributed by atoms with Crippen LogP contribution in [0.25, 0.3) is 0 Å². The number of hydrogen-bond donors (Lipinski definition) is 4. The first-order valence-electron chi connectivity index (χ1n) is 47.5. The number of aliphatic hydroxyl groups is 2. The van der Waals surface area contributed by atoms with Gasteiger partial charge in [0.2, 0.25) is 0 Å². The lowest BCUT2D eigenvalue weighted by molar-refractivity contribution is -0.161. The van der Waals surface area contributed by atoms with Crippen molar-refractivity contribution in [3.8, 4) is 0 Å². The minimum atomic E-state index is -4.94. The fourth-order valence-corrected chi connectivity index (χ4v) is 14.7. The molecule has 0 amide bonds. The fraction of sp³-hybridized carbons (Fsp3) is 0.747. The molecular formula is C99H174O16P2. The molecule has 0 heterocycles. The van der Waals surface area contributed by atoms with Gasteiger partial charge in [-0.05, 0) is 148 Å². The largest absolute Gasteiger partial charge is 0.472 e. The highest BCUT2D eigenvalue weighted by molar-refractivity contribution is 7.47. The topological polar surface area (TPSA) is 231 Å². The number of unbranched alkanes of at least 4 members (excludes halogenated alkanes) is 45. The molecule has 0 bridgehead atoms. The Labute approximate surface area is 715 Å². The number of esters is 3. The Morgan fingerprint density at radius 3 is 0.675 bits per heavy atom. The Hall–Kier alpha value is -4.31. The van der Waals surface area contributed by atoms with Crippen molar-refractivity contribution in [2.24, 2.45) is 0 Å². The number of allylic oxidation sites excluding steroid dienone is 22. The van der Waals surface area contributed by atoms with Gasteiger partial charge in [-0.3, -0.25) is 32.5 Å². The standard InChI is InChI=1S/C99H174O16P2/c1-4-7-10-13-16-19-22-25-28-31-34-36-38-40-42-44-46-48-50-52-54-56-59-61-64-67-70-73-76-79-82-85-97(102)109-88-94(100)89-111-116(105,106)112-90-95(101)91-113-117(107,108)114-93-96(115-99(104)87-84-81-78-75-72-69-66-63-58-33-30-27-24-21-18-15-12-9-6-3)92-110-98(103)86-83-80-77-74-71-68-65-62-60-57-55-53-51-49-47-45-43-41-39-37-35-32-29-26-23-20-17-14-11-8-5-2/h16-21,25-30,34-37,40-43,58,63,94-96,100-101H,4-15,22-24,31-33,38-39,44-57,59-62,64-93H2,1-3H3,(H,105,106)(H,107,108)/b19-16-,20-17-,21-18-,28-25-,29-26-,30-27-,36-34-,37-35-,42-40-,43-41-,63-58-. The molecule has 0 rings (SSSR count). The quantitative estimate of drug-likeness (QED) is 0.0146. The third-order valence-electron chi connectivity index (χ3n) is 20.3. The summed E-state index contributed by atoms with van der Waals surface area (Å²) in [6, 6.07) is 0. The van der Waals surface area contributed by atoms with E-state index in [1.807, 2.05) is 0 Å². The number of phosphoric acid groups is 2. The smallest absolute Gasteiger partial charge is 0.463 e. The van der Waals surface area contributed by atoms with Crippen molar-refractivity contribution in [2.45, 2.75) is 437 Å². The summed E-state index contributed by atoms with van der Waals surface area (Å²) in [5, 5.41) is 20.7. The molecule has 18 heteroatoms. The number of phosphoric ester groups is 2. The molecule has 4 N–H and O–H groups in total. The third-order valence-corrected chi connectivity index (χ3v) is 22.2. The van der Waals surface area contributed by atoms with Crippen LogP contribution in [0.1, 0.15) is 419 Å². The van der Waals surface area contributed by atoms with Gasteiger partial charge in [-0.25, -0.2) is 9.13 Å². The normalized spacial score (nSPS) is 14.4. The van der Waals surface area contributed by atoms with Crippen molar-refractivity contribution in [2.75, 3.05) is 39.6 Å². The maximum Gasteiger partial charge on any atom is 0.472 e. The Morgan fingerprint density at radius 2 is 0.427 bits per heavy atom. The summed E-state index contributed by atoms with van der Waals surface area (Å²) in [5.41, 5.74) is 0. The number of carbonyl (C=O) groups is 3. The van der Waals surface area contributed by atoms with E-state index in [2.05, 4.69) is 154 Å². The number of hydrogen-bond acceptors (Lipinski definition) is 14. The highest BCUT2D eigenvalue weighted by atomic mass is 31.2. The molecule has 5 unspecified atom stereocenters. The lowest BCUT2D eigenvalue weighted by Gasteiger charge is -2.21. The summed E-state index contributed by atoms with van der Waals surface area (Å²) >= 11 is 0. The third kappa shape index (κ3) is 92.3. The molecule has 5 atom stereocenters. The van der Waals surface area contributed by atoms with Crippen molar-refractivity contribution in [3.05, 3.63) is 134 Å². The van der Waals surface area contributed by atoms with E-state index in [1.165, 1.54) is 225 Å². The van der Waals surface area contributed by atoms with E-state index in [-0.39, 0.29) is 19.3 Å². The first kappa shape index (κ1) is 113. The molecule has 16 nitrogen and oxygen atoms in total. The van der Waals surface area contributed by atoms with E-state index in [0.717, 1.165) is 135 Å². The van der Waals surface area contributed by atoms with Crippen molar-refractivity contribution >= 4 is 33.6 Å².